The SMILES string of the molecule is COc1nc(-c2ccc(C#N)cc2)c(-c2ccc3c(c2)c(C)nn3C)n2cncc12. The Hall–Kier alpha value is -4.18. The standard InChI is InChI=1S/C23H18N6O/c1-14-18-10-17(8-9-19(18)28(2)27-14)22-21(16-6-4-15(11-24)5-7-16)26-23(30-3)20-12-25-13-29(20)22/h4-10,12-13H,1-3H3. The number of methoxy groups -OCH3 is 1. The molecule has 7 heteroatoms. The Kier molecular flexibility index (Phi) is 4.00. The van der Waals surface area contributed by atoms with Crippen molar-refractivity contribution in [1.29, 1.82) is 5.26 Å². The van der Waals surface area contributed by atoms with Gasteiger partial charge in [-0.3, -0.25) is 9.08 Å². The topological polar surface area (TPSA) is 81.0 Å². The average molecular weight is 394 g/mol. The monoisotopic (exact) mass is 394 g/mol. The Morgan fingerprint density at radius 1 is 1.03 bits per heavy atom. The van der Waals surface area contributed by atoms with Crippen molar-refractivity contribution in [3.8, 4) is 34.5 Å². The molecule has 0 aliphatic heterocycles. The molecule has 0 aliphatic rings. The third kappa shape index (κ3) is 2.62. The molecule has 7 nitrogen and oxygen atoms in total. The van der Waals surface area contributed by atoms with Gasteiger partial charge >= 0.3 is 0 Å². The van der Waals surface area contributed by atoms with Crippen molar-refractivity contribution >= 4 is 16.4 Å². The lowest BCUT2D eigenvalue weighted by molar-refractivity contribution is 0.402. The Bertz CT molecular complexity index is 1450. The van der Waals surface area contributed by atoms with E-state index in [0.717, 1.165) is 44.6 Å². The average Bonchev–Trinajstić information content (AvgIpc) is 3.37. The fourth-order valence-corrected chi connectivity index (χ4v) is 3.88. The second kappa shape index (κ2) is 6.71. The summed E-state index contributed by atoms with van der Waals surface area (Å²) >= 11 is 0. The Morgan fingerprint density at radius 3 is 2.53 bits per heavy atom. The lowest BCUT2D eigenvalue weighted by Crippen LogP contribution is -2.01. The van der Waals surface area contributed by atoms with Crippen molar-refractivity contribution in [3.63, 3.8) is 0 Å². The second-order valence-corrected chi connectivity index (χ2v) is 7.10. The predicted molar refractivity (Wildman–Crippen MR) is 114 cm³/mol. The molecular weight excluding hydrogens is 376 g/mol. The van der Waals surface area contributed by atoms with Crippen LogP contribution in [0.15, 0.2) is 55.0 Å². The van der Waals surface area contributed by atoms with E-state index in [4.69, 9.17) is 15.0 Å². The molecule has 0 aliphatic carbocycles. The maximum Gasteiger partial charge on any atom is 0.240 e. The van der Waals surface area contributed by atoms with Crippen LogP contribution in [0.25, 0.3) is 38.9 Å². The number of hydrogen-bond acceptors (Lipinski definition) is 5. The molecule has 0 saturated heterocycles. The van der Waals surface area contributed by atoms with E-state index in [1.165, 1.54) is 0 Å². The number of nitriles is 1. The molecule has 146 valence electrons. The lowest BCUT2D eigenvalue weighted by atomic mass is 10.0. The van der Waals surface area contributed by atoms with E-state index in [0.29, 0.717) is 11.4 Å². The van der Waals surface area contributed by atoms with Gasteiger partial charge in [-0.1, -0.05) is 18.2 Å². The van der Waals surface area contributed by atoms with Crippen LogP contribution in [0.4, 0.5) is 0 Å². The summed E-state index contributed by atoms with van der Waals surface area (Å²) in [6.45, 7) is 2.01. The van der Waals surface area contributed by atoms with Crippen molar-refractivity contribution in [2.24, 2.45) is 7.05 Å². The van der Waals surface area contributed by atoms with Gasteiger partial charge in [0.25, 0.3) is 0 Å². The van der Waals surface area contributed by atoms with Crippen molar-refractivity contribution in [2.75, 3.05) is 7.11 Å². The molecule has 3 heterocycles. The Balaban J connectivity index is 1.85. The largest absolute Gasteiger partial charge is 0.479 e. The maximum absolute atomic E-state index is 9.15. The van der Waals surface area contributed by atoms with Crippen molar-refractivity contribution in [2.45, 2.75) is 6.92 Å². The van der Waals surface area contributed by atoms with Crippen molar-refractivity contribution in [1.82, 2.24) is 24.1 Å². The first-order valence-corrected chi connectivity index (χ1v) is 9.45. The summed E-state index contributed by atoms with van der Waals surface area (Å²) in [5, 5.41) is 14.8. The van der Waals surface area contributed by atoms with Crippen LogP contribution >= 0.6 is 0 Å². The van der Waals surface area contributed by atoms with E-state index in [2.05, 4.69) is 34.4 Å². The molecule has 0 amide bonds. The van der Waals surface area contributed by atoms with Crippen LogP contribution in [0, 0.1) is 18.3 Å². The summed E-state index contributed by atoms with van der Waals surface area (Å²) in [6.07, 6.45) is 3.51. The lowest BCUT2D eigenvalue weighted by Gasteiger charge is -2.15. The van der Waals surface area contributed by atoms with Gasteiger partial charge in [0.1, 0.15) is 5.52 Å². The van der Waals surface area contributed by atoms with Gasteiger partial charge in [-0.25, -0.2) is 9.97 Å². The first-order valence-electron chi connectivity index (χ1n) is 9.45. The van der Waals surface area contributed by atoms with E-state index in [1.54, 1.807) is 31.8 Å². The first kappa shape index (κ1) is 17.9. The van der Waals surface area contributed by atoms with Crippen LogP contribution in [0.1, 0.15) is 11.3 Å². The zero-order chi connectivity index (χ0) is 20.8. The minimum atomic E-state index is 0.495. The number of benzene rings is 2. The molecule has 0 N–H and O–H groups in total. The van der Waals surface area contributed by atoms with E-state index < -0.39 is 0 Å². The highest BCUT2D eigenvalue weighted by Crippen LogP contribution is 2.36. The number of hydrogen-bond donors (Lipinski definition) is 0. The molecule has 5 rings (SSSR count). The fraction of sp³-hybridized carbons (Fsp3) is 0.130. The summed E-state index contributed by atoms with van der Waals surface area (Å²) in [6, 6.07) is 15.8. The number of fused-ring (bicyclic) bond motifs is 2. The van der Waals surface area contributed by atoms with E-state index in [1.807, 2.05) is 35.2 Å². The summed E-state index contributed by atoms with van der Waals surface area (Å²) in [7, 11) is 3.54. The van der Waals surface area contributed by atoms with Crippen LogP contribution in [-0.2, 0) is 7.05 Å². The van der Waals surface area contributed by atoms with Gasteiger partial charge in [-0.15, -0.1) is 0 Å². The molecule has 0 atom stereocenters. The molecule has 3 aromatic heterocycles. The summed E-state index contributed by atoms with van der Waals surface area (Å²) in [5.41, 5.74) is 6.96. The number of rotatable bonds is 3. The van der Waals surface area contributed by atoms with E-state index >= 15 is 0 Å². The van der Waals surface area contributed by atoms with Crippen LogP contribution in [-0.4, -0.2) is 31.3 Å². The molecule has 0 spiro atoms. The molecule has 2 aromatic carbocycles. The van der Waals surface area contributed by atoms with Gasteiger partial charge in [0, 0.05) is 23.6 Å². The summed E-state index contributed by atoms with van der Waals surface area (Å²) in [4.78, 5) is 9.14. The van der Waals surface area contributed by atoms with Gasteiger partial charge in [0.05, 0.1) is 53.9 Å². The highest BCUT2D eigenvalue weighted by atomic mass is 16.5. The third-order valence-electron chi connectivity index (χ3n) is 5.33. The quantitative estimate of drug-likeness (QED) is 0.459. The molecule has 0 radical (unpaired) electrons. The Morgan fingerprint density at radius 2 is 1.80 bits per heavy atom. The normalized spacial score (nSPS) is 11.1. The molecule has 0 unspecified atom stereocenters. The molecule has 0 bridgehead atoms. The number of ether oxygens (including phenoxy) is 1. The summed E-state index contributed by atoms with van der Waals surface area (Å²) in [5.74, 6) is 0.495. The number of imidazole rings is 1. The maximum atomic E-state index is 9.15. The van der Waals surface area contributed by atoms with Crippen molar-refractivity contribution < 1.29 is 4.74 Å². The van der Waals surface area contributed by atoms with Gasteiger partial charge in [0.15, 0.2) is 0 Å². The highest BCUT2D eigenvalue weighted by molar-refractivity contribution is 5.90. The summed E-state index contributed by atoms with van der Waals surface area (Å²) < 4.78 is 9.42. The molecule has 0 saturated carbocycles. The van der Waals surface area contributed by atoms with Gasteiger partial charge < -0.3 is 4.74 Å². The molecular formula is C23H18N6O. The van der Waals surface area contributed by atoms with Crippen LogP contribution < -0.4 is 4.74 Å². The fourth-order valence-electron chi connectivity index (χ4n) is 3.88. The van der Waals surface area contributed by atoms with Gasteiger partial charge in [0.2, 0.25) is 5.88 Å². The minimum absolute atomic E-state index is 0.495. The number of aryl methyl sites for hydroxylation is 2. The highest BCUT2D eigenvalue weighted by Gasteiger charge is 2.19. The van der Waals surface area contributed by atoms with E-state index in [-0.39, 0.29) is 0 Å². The number of nitrogens with zero attached hydrogens (tertiary/aromatic N) is 6. The van der Waals surface area contributed by atoms with Crippen LogP contribution in [0.2, 0.25) is 0 Å². The smallest absolute Gasteiger partial charge is 0.240 e. The van der Waals surface area contributed by atoms with Crippen LogP contribution in [0.5, 0.6) is 5.88 Å². The van der Waals surface area contributed by atoms with Gasteiger partial charge in [-0.2, -0.15) is 10.4 Å². The zero-order valence-corrected chi connectivity index (χ0v) is 16.8. The zero-order valence-electron chi connectivity index (χ0n) is 16.8. The molecule has 0 fully saturated rings. The molecule has 30 heavy (non-hydrogen) atoms. The van der Waals surface area contributed by atoms with Crippen LogP contribution in [0.3, 0.4) is 0 Å². The Labute approximate surface area is 172 Å². The van der Waals surface area contributed by atoms with Crippen molar-refractivity contribution in [3.05, 3.63) is 66.2 Å². The predicted octanol–water partition coefficient (Wildman–Crippen LogP) is 4.14. The number of aromatic nitrogens is 5. The molecule has 5 aromatic rings. The second-order valence-electron chi connectivity index (χ2n) is 7.10. The first-order chi connectivity index (χ1) is 14.6. The third-order valence-corrected chi connectivity index (χ3v) is 5.33. The van der Waals surface area contributed by atoms with Gasteiger partial charge in [-0.05, 0) is 31.2 Å². The van der Waals surface area contributed by atoms with E-state index in [9.17, 15) is 0 Å². The minimum Gasteiger partial charge on any atom is -0.479 e.